The van der Waals surface area contributed by atoms with Crippen LogP contribution in [0.3, 0.4) is 0 Å². The number of nitrogens with zero attached hydrogens (tertiary/aromatic N) is 4. The predicted octanol–water partition coefficient (Wildman–Crippen LogP) is 2.41. The van der Waals surface area contributed by atoms with E-state index in [1.807, 2.05) is 22.4 Å². The molecule has 130 valence electrons. The van der Waals surface area contributed by atoms with Gasteiger partial charge < -0.3 is 15.2 Å². The number of nitrogens with one attached hydrogen (secondary N) is 2. The lowest BCUT2D eigenvalue weighted by atomic mass is 10.3. The number of hydrogen-bond donors (Lipinski definition) is 2. The van der Waals surface area contributed by atoms with Crippen LogP contribution in [-0.2, 0) is 6.54 Å². The van der Waals surface area contributed by atoms with Crippen molar-refractivity contribution in [1.82, 2.24) is 25.4 Å². The van der Waals surface area contributed by atoms with Crippen molar-refractivity contribution in [3.8, 4) is 0 Å². The van der Waals surface area contributed by atoms with E-state index in [4.69, 9.17) is 0 Å². The van der Waals surface area contributed by atoms with Crippen LogP contribution in [0.5, 0.6) is 0 Å². The minimum Gasteiger partial charge on any atom is -0.357 e. The molecule has 0 aliphatic heterocycles. The predicted molar refractivity (Wildman–Crippen MR) is 100 cm³/mol. The van der Waals surface area contributed by atoms with E-state index in [-0.39, 0.29) is 0 Å². The first-order valence-electron chi connectivity index (χ1n) is 8.41. The van der Waals surface area contributed by atoms with Crippen LogP contribution in [0.2, 0.25) is 0 Å². The highest BCUT2D eigenvalue weighted by Gasteiger charge is 1.98. The molecule has 0 saturated heterocycles. The maximum absolute atomic E-state index is 4.62. The highest BCUT2D eigenvalue weighted by molar-refractivity contribution is 7.99. The number of aliphatic imine (C=N–C) groups is 1. The highest BCUT2D eigenvalue weighted by atomic mass is 32.2. The molecule has 2 N–H and O–H groups in total. The van der Waals surface area contributed by atoms with E-state index in [0.29, 0.717) is 0 Å². The smallest absolute Gasteiger partial charge is 0.191 e. The van der Waals surface area contributed by atoms with Crippen LogP contribution in [0.25, 0.3) is 0 Å². The minimum absolute atomic E-state index is 0.823. The Morgan fingerprint density at radius 3 is 2.67 bits per heavy atom. The van der Waals surface area contributed by atoms with Crippen LogP contribution < -0.4 is 10.6 Å². The van der Waals surface area contributed by atoms with Crippen LogP contribution in [0, 0.1) is 0 Å². The number of thioether (sulfide) groups is 1. The lowest BCUT2D eigenvalue weighted by molar-refractivity contribution is 0.612. The maximum atomic E-state index is 4.62. The molecule has 7 heteroatoms. The van der Waals surface area contributed by atoms with Gasteiger partial charge in [-0.15, -0.1) is 22.0 Å². The number of aromatic nitrogens is 3. The molecular weight excluding hydrogens is 320 g/mol. The average Bonchev–Trinajstić information content (AvgIpc) is 3.12. The van der Waals surface area contributed by atoms with Crippen molar-refractivity contribution in [2.24, 2.45) is 4.99 Å². The fourth-order valence-electron chi connectivity index (χ4n) is 2.13. The third-order valence-electron chi connectivity index (χ3n) is 3.31. The molecule has 0 unspecified atom stereocenters. The summed E-state index contributed by atoms with van der Waals surface area (Å²) in [4.78, 5) is 5.92. The van der Waals surface area contributed by atoms with Gasteiger partial charge in [-0.3, -0.25) is 4.99 Å². The van der Waals surface area contributed by atoms with Gasteiger partial charge in [-0.1, -0.05) is 18.2 Å². The van der Waals surface area contributed by atoms with E-state index >= 15 is 0 Å². The monoisotopic (exact) mass is 346 g/mol. The Balaban J connectivity index is 1.60. The second-order valence-corrected chi connectivity index (χ2v) is 6.42. The molecule has 0 aliphatic rings. The molecule has 24 heavy (non-hydrogen) atoms. The van der Waals surface area contributed by atoms with Gasteiger partial charge in [-0.2, -0.15) is 0 Å². The van der Waals surface area contributed by atoms with Crippen LogP contribution >= 0.6 is 11.8 Å². The van der Waals surface area contributed by atoms with Gasteiger partial charge in [0.1, 0.15) is 12.7 Å². The zero-order valence-corrected chi connectivity index (χ0v) is 15.0. The average molecular weight is 347 g/mol. The summed E-state index contributed by atoms with van der Waals surface area (Å²) in [5.41, 5.74) is 0. The molecule has 2 rings (SSSR count). The van der Waals surface area contributed by atoms with Crippen molar-refractivity contribution in [2.45, 2.75) is 31.2 Å². The molecule has 1 heterocycles. The molecule has 0 atom stereocenters. The van der Waals surface area contributed by atoms with Crippen molar-refractivity contribution in [1.29, 1.82) is 0 Å². The van der Waals surface area contributed by atoms with Crippen LogP contribution in [-0.4, -0.2) is 46.1 Å². The Bertz CT molecular complexity index is 570. The maximum Gasteiger partial charge on any atom is 0.191 e. The van der Waals surface area contributed by atoms with Gasteiger partial charge in [-0.05, 0) is 31.9 Å². The quantitative estimate of drug-likeness (QED) is 0.299. The Morgan fingerprint density at radius 1 is 1.12 bits per heavy atom. The molecule has 0 radical (unpaired) electrons. The van der Waals surface area contributed by atoms with Crippen LogP contribution in [0.4, 0.5) is 0 Å². The number of benzene rings is 1. The molecular formula is C17H26N6S. The van der Waals surface area contributed by atoms with Gasteiger partial charge >= 0.3 is 0 Å². The first kappa shape index (κ1) is 18.3. The molecule has 2 aromatic rings. The SMILES string of the molecule is CCNC(=NCCCCn1cnnc1)NCCSc1ccccc1. The lowest BCUT2D eigenvalue weighted by Gasteiger charge is -2.11. The van der Waals surface area contributed by atoms with Gasteiger partial charge in [0.05, 0.1) is 0 Å². The fourth-order valence-corrected chi connectivity index (χ4v) is 2.92. The number of guanidine groups is 1. The van der Waals surface area contributed by atoms with Crippen molar-refractivity contribution in [2.75, 3.05) is 25.4 Å². The summed E-state index contributed by atoms with van der Waals surface area (Å²) in [5, 5.41) is 14.3. The molecule has 1 aromatic heterocycles. The molecule has 1 aromatic carbocycles. The van der Waals surface area contributed by atoms with Crippen LogP contribution in [0.1, 0.15) is 19.8 Å². The lowest BCUT2D eigenvalue weighted by Crippen LogP contribution is -2.38. The van der Waals surface area contributed by atoms with Crippen molar-refractivity contribution in [3.63, 3.8) is 0 Å². The third kappa shape index (κ3) is 7.50. The van der Waals surface area contributed by atoms with Crippen LogP contribution in [0.15, 0.2) is 52.9 Å². The molecule has 0 bridgehead atoms. The van der Waals surface area contributed by atoms with E-state index in [1.165, 1.54) is 4.90 Å². The summed E-state index contributed by atoms with van der Waals surface area (Å²) in [7, 11) is 0. The Kier molecular flexibility index (Phi) is 8.78. The molecule has 0 fully saturated rings. The summed E-state index contributed by atoms with van der Waals surface area (Å²) >= 11 is 1.85. The number of hydrogen-bond acceptors (Lipinski definition) is 4. The summed E-state index contributed by atoms with van der Waals surface area (Å²) in [5.74, 6) is 1.91. The third-order valence-corrected chi connectivity index (χ3v) is 4.33. The summed E-state index contributed by atoms with van der Waals surface area (Å²) in [6, 6.07) is 10.5. The van der Waals surface area contributed by atoms with Crippen molar-refractivity contribution >= 4 is 17.7 Å². The van der Waals surface area contributed by atoms with Gasteiger partial charge in [0, 0.05) is 36.8 Å². The number of aryl methyl sites for hydroxylation is 1. The minimum atomic E-state index is 0.823. The van der Waals surface area contributed by atoms with Crippen molar-refractivity contribution in [3.05, 3.63) is 43.0 Å². The molecule has 0 aliphatic carbocycles. The summed E-state index contributed by atoms with van der Waals surface area (Å²) in [6.07, 6.45) is 5.62. The standard InChI is InChI=1S/C17H26N6S/c1-2-18-17(19-10-6-7-12-23-14-21-22-15-23)20-11-13-24-16-8-4-3-5-9-16/h3-5,8-9,14-15H,2,6-7,10-13H2,1H3,(H2,18,19,20). The van der Waals surface area contributed by atoms with E-state index in [2.05, 4.69) is 57.0 Å². The van der Waals surface area contributed by atoms with E-state index in [9.17, 15) is 0 Å². The number of rotatable bonds is 10. The normalized spacial score (nSPS) is 11.5. The highest BCUT2D eigenvalue weighted by Crippen LogP contribution is 2.15. The number of unbranched alkanes of at least 4 members (excludes halogenated alkanes) is 1. The van der Waals surface area contributed by atoms with Gasteiger partial charge in [-0.25, -0.2) is 0 Å². The Morgan fingerprint density at radius 2 is 1.92 bits per heavy atom. The van der Waals surface area contributed by atoms with E-state index in [1.54, 1.807) is 12.7 Å². The first-order valence-corrected chi connectivity index (χ1v) is 9.39. The topological polar surface area (TPSA) is 67.1 Å². The molecule has 6 nitrogen and oxygen atoms in total. The first-order chi connectivity index (χ1) is 11.9. The van der Waals surface area contributed by atoms with Gasteiger partial charge in [0.15, 0.2) is 5.96 Å². The van der Waals surface area contributed by atoms with Crippen molar-refractivity contribution < 1.29 is 0 Å². The second kappa shape index (κ2) is 11.5. The van der Waals surface area contributed by atoms with E-state index < -0.39 is 0 Å². The zero-order valence-electron chi connectivity index (χ0n) is 14.2. The second-order valence-electron chi connectivity index (χ2n) is 5.26. The van der Waals surface area contributed by atoms with Gasteiger partial charge in [0.25, 0.3) is 0 Å². The fraction of sp³-hybridized carbons (Fsp3) is 0.471. The zero-order chi connectivity index (χ0) is 16.9. The largest absolute Gasteiger partial charge is 0.357 e. The molecule has 0 saturated carbocycles. The Hall–Kier alpha value is -2.02. The molecule has 0 spiro atoms. The summed E-state index contributed by atoms with van der Waals surface area (Å²) < 4.78 is 1.99. The van der Waals surface area contributed by atoms with Gasteiger partial charge in [0.2, 0.25) is 0 Å². The Labute approximate surface area is 148 Å². The summed E-state index contributed by atoms with van der Waals surface area (Å²) in [6.45, 7) is 5.62. The van der Waals surface area contributed by atoms with E-state index in [0.717, 1.165) is 50.7 Å². The molecule has 0 amide bonds.